The van der Waals surface area contributed by atoms with Crippen molar-refractivity contribution in [2.75, 3.05) is 13.7 Å². The van der Waals surface area contributed by atoms with Crippen molar-refractivity contribution in [3.8, 4) is 0 Å². The standard InChI is InChI=1S/C13H21N3O3/c1-9(2)16-8-14-5-10(16)6-15-7-11(17)4-12(15)13(18)19-3/h5,8-9,11-12,17H,4,6-7H2,1-3H3. The SMILES string of the molecule is COC(=O)C1CC(O)CN1Cc1cncn1C(C)C. The van der Waals surface area contributed by atoms with Gasteiger partial charge in [-0.15, -0.1) is 0 Å². The molecule has 1 fully saturated rings. The molecule has 1 aliphatic heterocycles. The van der Waals surface area contributed by atoms with Crippen LogP contribution in [-0.4, -0.2) is 51.3 Å². The molecule has 2 atom stereocenters. The number of likely N-dealkylation sites (tertiary alicyclic amines) is 1. The molecule has 0 spiro atoms. The van der Waals surface area contributed by atoms with Crippen LogP contribution in [0.4, 0.5) is 0 Å². The molecular weight excluding hydrogens is 246 g/mol. The van der Waals surface area contributed by atoms with Gasteiger partial charge in [0, 0.05) is 31.7 Å². The molecule has 1 aliphatic rings. The van der Waals surface area contributed by atoms with Crippen molar-refractivity contribution < 1.29 is 14.6 Å². The Morgan fingerprint density at radius 3 is 3.00 bits per heavy atom. The normalized spacial score (nSPS) is 24.1. The molecule has 1 aromatic rings. The molecule has 2 rings (SSSR count). The molecule has 6 heteroatoms. The van der Waals surface area contributed by atoms with Gasteiger partial charge in [-0.2, -0.15) is 0 Å². The van der Waals surface area contributed by atoms with E-state index in [0.717, 1.165) is 5.69 Å². The summed E-state index contributed by atoms with van der Waals surface area (Å²) in [4.78, 5) is 17.8. The zero-order valence-electron chi connectivity index (χ0n) is 11.6. The van der Waals surface area contributed by atoms with Crippen LogP contribution in [0.25, 0.3) is 0 Å². The number of rotatable bonds is 4. The summed E-state index contributed by atoms with van der Waals surface area (Å²) in [5.74, 6) is -0.285. The maximum atomic E-state index is 11.7. The van der Waals surface area contributed by atoms with Crippen LogP contribution in [0.1, 0.15) is 32.0 Å². The molecule has 0 saturated carbocycles. The molecule has 2 heterocycles. The number of aliphatic hydroxyl groups excluding tert-OH is 1. The van der Waals surface area contributed by atoms with E-state index in [2.05, 4.69) is 23.4 Å². The maximum absolute atomic E-state index is 11.7. The van der Waals surface area contributed by atoms with Crippen LogP contribution in [0.15, 0.2) is 12.5 Å². The number of ether oxygens (including phenoxy) is 1. The van der Waals surface area contributed by atoms with E-state index in [1.165, 1.54) is 7.11 Å². The summed E-state index contributed by atoms with van der Waals surface area (Å²) >= 11 is 0. The Bertz CT molecular complexity index is 444. The molecular formula is C13H21N3O3. The second kappa shape index (κ2) is 5.71. The van der Waals surface area contributed by atoms with Crippen molar-refractivity contribution in [2.45, 2.75) is 45.0 Å². The Hall–Kier alpha value is -1.40. The van der Waals surface area contributed by atoms with Crippen molar-refractivity contribution in [1.29, 1.82) is 0 Å². The van der Waals surface area contributed by atoms with Gasteiger partial charge in [-0.3, -0.25) is 9.69 Å². The number of carbonyl (C=O) groups excluding carboxylic acids is 1. The predicted molar refractivity (Wildman–Crippen MR) is 69.4 cm³/mol. The zero-order chi connectivity index (χ0) is 14.0. The third-order valence-corrected chi connectivity index (χ3v) is 3.52. The first-order chi connectivity index (χ1) is 9.02. The molecule has 19 heavy (non-hydrogen) atoms. The molecule has 0 radical (unpaired) electrons. The smallest absolute Gasteiger partial charge is 0.323 e. The van der Waals surface area contributed by atoms with Gasteiger partial charge in [-0.05, 0) is 13.8 Å². The van der Waals surface area contributed by atoms with Gasteiger partial charge in [-0.25, -0.2) is 4.98 Å². The van der Waals surface area contributed by atoms with E-state index >= 15 is 0 Å². The number of β-amino-alcohol motifs (C(OH)–C–C–N with tert-alkyl or cyclic N) is 1. The third kappa shape index (κ3) is 2.96. The fourth-order valence-corrected chi connectivity index (χ4v) is 2.56. The summed E-state index contributed by atoms with van der Waals surface area (Å²) in [7, 11) is 1.38. The van der Waals surface area contributed by atoms with Crippen LogP contribution in [-0.2, 0) is 16.1 Å². The Balaban J connectivity index is 2.12. The van der Waals surface area contributed by atoms with Crippen LogP contribution in [0.5, 0.6) is 0 Å². The van der Waals surface area contributed by atoms with E-state index < -0.39 is 6.10 Å². The molecule has 1 saturated heterocycles. The Morgan fingerprint density at radius 2 is 2.37 bits per heavy atom. The minimum atomic E-state index is -0.473. The summed E-state index contributed by atoms with van der Waals surface area (Å²) < 4.78 is 6.86. The lowest BCUT2D eigenvalue weighted by Crippen LogP contribution is -2.37. The van der Waals surface area contributed by atoms with Crippen molar-refractivity contribution in [3.63, 3.8) is 0 Å². The van der Waals surface area contributed by atoms with Gasteiger partial charge in [0.15, 0.2) is 0 Å². The van der Waals surface area contributed by atoms with Crippen LogP contribution in [0, 0.1) is 0 Å². The second-order valence-corrected chi connectivity index (χ2v) is 5.24. The average molecular weight is 267 g/mol. The first-order valence-corrected chi connectivity index (χ1v) is 6.53. The van der Waals surface area contributed by atoms with Crippen molar-refractivity contribution in [2.24, 2.45) is 0 Å². The highest BCUT2D eigenvalue weighted by atomic mass is 16.5. The van der Waals surface area contributed by atoms with E-state index in [1.807, 2.05) is 4.90 Å². The zero-order valence-corrected chi connectivity index (χ0v) is 11.6. The monoisotopic (exact) mass is 267 g/mol. The number of aromatic nitrogens is 2. The molecule has 1 aromatic heterocycles. The maximum Gasteiger partial charge on any atom is 0.323 e. The van der Waals surface area contributed by atoms with E-state index in [4.69, 9.17) is 4.74 Å². The van der Waals surface area contributed by atoms with E-state index in [9.17, 15) is 9.90 Å². The molecule has 0 bridgehead atoms. The lowest BCUT2D eigenvalue weighted by molar-refractivity contribution is -0.146. The van der Waals surface area contributed by atoms with Crippen molar-refractivity contribution in [3.05, 3.63) is 18.2 Å². The fraction of sp³-hybridized carbons (Fsp3) is 0.692. The van der Waals surface area contributed by atoms with Crippen molar-refractivity contribution in [1.82, 2.24) is 14.5 Å². The highest BCUT2D eigenvalue weighted by Crippen LogP contribution is 2.22. The quantitative estimate of drug-likeness (QED) is 0.808. The highest BCUT2D eigenvalue weighted by molar-refractivity contribution is 5.76. The largest absolute Gasteiger partial charge is 0.468 e. The second-order valence-electron chi connectivity index (χ2n) is 5.24. The van der Waals surface area contributed by atoms with Gasteiger partial charge in [0.25, 0.3) is 0 Å². The van der Waals surface area contributed by atoms with Gasteiger partial charge in [0.1, 0.15) is 6.04 Å². The van der Waals surface area contributed by atoms with Gasteiger partial charge in [0.2, 0.25) is 0 Å². The predicted octanol–water partition coefficient (Wildman–Crippen LogP) is 0.572. The molecule has 0 amide bonds. The van der Waals surface area contributed by atoms with Crippen LogP contribution < -0.4 is 0 Å². The molecule has 106 valence electrons. The summed E-state index contributed by atoms with van der Waals surface area (Å²) in [6, 6.07) is -0.0443. The van der Waals surface area contributed by atoms with Gasteiger partial charge < -0.3 is 14.4 Å². The van der Waals surface area contributed by atoms with Crippen molar-refractivity contribution >= 4 is 5.97 Å². The minimum Gasteiger partial charge on any atom is -0.468 e. The number of aliphatic hydroxyl groups is 1. The fourth-order valence-electron chi connectivity index (χ4n) is 2.56. The average Bonchev–Trinajstić information content (AvgIpc) is 2.95. The van der Waals surface area contributed by atoms with Gasteiger partial charge >= 0.3 is 5.97 Å². The number of methoxy groups -OCH3 is 1. The third-order valence-electron chi connectivity index (χ3n) is 3.52. The number of imidazole rings is 1. The highest BCUT2D eigenvalue weighted by Gasteiger charge is 2.37. The first-order valence-electron chi connectivity index (χ1n) is 6.53. The van der Waals surface area contributed by atoms with E-state index in [-0.39, 0.29) is 12.0 Å². The van der Waals surface area contributed by atoms with E-state index in [1.54, 1.807) is 12.5 Å². The van der Waals surface area contributed by atoms with Crippen LogP contribution in [0.2, 0.25) is 0 Å². The Kier molecular flexibility index (Phi) is 4.21. The number of carbonyl (C=O) groups is 1. The summed E-state index contributed by atoms with van der Waals surface area (Å²) in [5, 5.41) is 9.75. The molecule has 1 N–H and O–H groups in total. The molecule has 2 unspecified atom stereocenters. The number of esters is 1. The molecule has 0 aliphatic carbocycles. The summed E-state index contributed by atoms with van der Waals surface area (Å²) in [6.07, 6.45) is 3.56. The first kappa shape index (κ1) is 14.0. The lowest BCUT2D eigenvalue weighted by atomic mass is 10.2. The molecule has 6 nitrogen and oxygen atoms in total. The van der Waals surface area contributed by atoms with Gasteiger partial charge in [-0.1, -0.05) is 0 Å². The summed E-state index contributed by atoms with van der Waals surface area (Å²) in [5.41, 5.74) is 1.04. The minimum absolute atomic E-state index is 0.285. The van der Waals surface area contributed by atoms with Crippen LogP contribution >= 0.6 is 0 Å². The number of hydrogen-bond acceptors (Lipinski definition) is 5. The van der Waals surface area contributed by atoms with Crippen LogP contribution in [0.3, 0.4) is 0 Å². The molecule has 0 aromatic carbocycles. The van der Waals surface area contributed by atoms with Gasteiger partial charge in [0.05, 0.1) is 25.2 Å². The Labute approximate surface area is 113 Å². The van der Waals surface area contributed by atoms with E-state index in [0.29, 0.717) is 25.6 Å². The lowest BCUT2D eigenvalue weighted by Gasteiger charge is -2.23. The summed E-state index contributed by atoms with van der Waals surface area (Å²) in [6.45, 7) is 5.25. The Morgan fingerprint density at radius 1 is 1.63 bits per heavy atom. The number of hydrogen-bond donors (Lipinski definition) is 1. The topological polar surface area (TPSA) is 67.6 Å². The number of nitrogens with zero attached hydrogens (tertiary/aromatic N) is 3.